The van der Waals surface area contributed by atoms with Crippen LogP contribution in [0.25, 0.3) is 10.1 Å². The van der Waals surface area contributed by atoms with Gasteiger partial charge in [0.1, 0.15) is 5.82 Å². The van der Waals surface area contributed by atoms with E-state index in [1.54, 1.807) is 12.1 Å². The predicted octanol–water partition coefficient (Wildman–Crippen LogP) is 3.32. The summed E-state index contributed by atoms with van der Waals surface area (Å²) in [4.78, 5) is 12.6. The molecule has 0 aliphatic rings. The third-order valence-electron chi connectivity index (χ3n) is 3.60. The molecule has 1 heterocycles. The molecule has 0 radical (unpaired) electrons. The van der Waals surface area contributed by atoms with Crippen molar-refractivity contribution in [3.05, 3.63) is 35.0 Å². The van der Waals surface area contributed by atoms with Crippen molar-refractivity contribution in [3.63, 3.8) is 0 Å². The van der Waals surface area contributed by atoms with Crippen molar-refractivity contribution in [2.75, 3.05) is 6.54 Å². The second kappa shape index (κ2) is 5.89. The molecule has 0 aliphatic heterocycles. The van der Waals surface area contributed by atoms with Crippen LogP contribution in [0.15, 0.2) is 24.3 Å². The Morgan fingerprint density at radius 2 is 2.05 bits per heavy atom. The Hall–Kier alpha value is -1.46. The Kier molecular flexibility index (Phi) is 4.40. The summed E-state index contributed by atoms with van der Waals surface area (Å²) in [6, 6.07) is 6.14. The van der Waals surface area contributed by atoms with Gasteiger partial charge in [0.05, 0.1) is 10.5 Å². The monoisotopic (exact) mass is 295 g/mol. The summed E-state index contributed by atoms with van der Waals surface area (Å²) in [6.07, 6.45) is 1.17. The Bertz CT molecular complexity index is 619. The first-order valence-corrected chi connectivity index (χ1v) is 7.49. The molecule has 1 amide bonds. The zero-order valence-corrected chi connectivity index (χ0v) is 12.4. The van der Waals surface area contributed by atoms with Crippen molar-refractivity contribution >= 4 is 27.3 Å². The topological polar surface area (TPSA) is 49.3 Å². The molecule has 0 bridgehead atoms. The maximum absolute atomic E-state index is 13.1. The van der Waals surface area contributed by atoms with Crippen LogP contribution in [0.1, 0.15) is 36.4 Å². The summed E-state index contributed by atoms with van der Waals surface area (Å²) in [5.41, 5.74) is -0.863. The number of benzene rings is 1. The van der Waals surface area contributed by atoms with Gasteiger partial charge in [0, 0.05) is 11.2 Å². The van der Waals surface area contributed by atoms with E-state index in [1.165, 1.54) is 23.5 Å². The molecule has 2 rings (SSSR count). The zero-order valence-electron chi connectivity index (χ0n) is 11.6. The highest BCUT2D eigenvalue weighted by Crippen LogP contribution is 2.26. The normalized spacial score (nSPS) is 11.8. The number of carbonyl (C=O) groups is 1. The van der Waals surface area contributed by atoms with Gasteiger partial charge < -0.3 is 10.4 Å². The first-order chi connectivity index (χ1) is 9.47. The molecule has 5 heteroatoms. The molecule has 0 saturated carbocycles. The molecule has 2 N–H and O–H groups in total. The molecular weight excluding hydrogens is 277 g/mol. The summed E-state index contributed by atoms with van der Waals surface area (Å²) in [6.45, 7) is 4.00. The number of thiophene rings is 1. The number of nitrogens with one attached hydrogen (secondary N) is 1. The molecule has 108 valence electrons. The van der Waals surface area contributed by atoms with Crippen LogP contribution in [0.3, 0.4) is 0 Å². The van der Waals surface area contributed by atoms with E-state index in [1.807, 2.05) is 13.8 Å². The molecular formula is C15H18FNO2S. The summed E-state index contributed by atoms with van der Waals surface area (Å²) in [7, 11) is 0. The van der Waals surface area contributed by atoms with Crippen LogP contribution in [0.2, 0.25) is 0 Å². The van der Waals surface area contributed by atoms with Gasteiger partial charge in [-0.15, -0.1) is 11.3 Å². The van der Waals surface area contributed by atoms with E-state index in [-0.39, 0.29) is 18.3 Å². The smallest absolute Gasteiger partial charge is 0.261 e. The van der Waals surface area contributed by atoms with E-state index in [0.29, 0.717) is 17.7 Å². The summed E-state index contributed by atoms with van der Waals surface area (Å²) < 4.78 is 14.0. The SMILES string of the molecule is CCC(O)(CC)CNC(=O)c1cc2cc(F)ccc2s1. The quantitative estimate of drug-likeness (QED) is 0.889. The van der Waals surface area contributed by atoms with Gasteiger partial charge >= 0.3 is 0 Å². The van der Waals surface area contributed by atoms with Crippen molar-refractivity contribution in [1.29, 1.82) is 0 Å². The number of carbonyl (C=O) groups excluding carboxylic acids is 1. The minimum absolute atomic E-state index is 0.224. The minimum atomic E-state index is -0.863. The minimum Gasteiger partial charge on any atom is -0.388 e. The molecule has 0 spiro atoms. The van der Waals surface area contributed by atoms with E-state index in [0.717, 1.165) is 10.1 Å². The van der Waals surface area contributed by atoms with Gasteiger partial charge in [0.15, 0.2) is 0 Å². The second-order valence-corrected chi connectivity index (χ2v) is 5.99. The summed E-state index contributed by atoms with van der Waals surface area (Å²) in [5.74, 6) is -0.541. The third-order valence-corrected chi connectivity index (χ3v) is 4.71. The first kappa shape index (κ1) is 14.9. The van der Waals surface area contributed by atoms with Crippen molar-refractivity contribution in [2.45, 2.75) is 32.3 Å². The van der Waals surface area contributed by atoms with Gasteiger partial charge in [0.2, 0.25) is 0 Å². The lowest BCUT2D eigenvalue weighted by Gasteiger charge is -2.25. The molecule has 1 aromatic heterocycles. The highest BCUT2D eigenvalue weighted by atomic mass is 32.1. The van der Waals surface area contributed by atoms with Gasteiger partial charge in [-0.05, 0) is 42.5 Å². The van der Waals surface area contributed by atoms with Crippen molar-refractivity contribution in [2.24, 2.45) is 0 Å². The zero-order chi connectivity index (χ0) is 14.8. The van der Waals surface area contributed by atoms with Gasteiger partial charge in [0.25, 0.3) is 5.91 Å². The van der Waals surface area contributed by atoms with E-state index < -0.39 is 5.60 Å². The molecule has 1 aromatic carbocycles. The number of fused-ring (bicyclic) bond motifs is 1. The Morgan fingerprint density at radius 3 is 2.70 bits per heavy atom. The number of rotatable bonds is 5. The lowest BCUT2D eigenvalue weighted by Crippen LogP contribution is -2.41. The van der Waals surface area contributed by atoms with Crippen molar-refractivity contribution < 1.29 is 14.3 Å². The number of hydrogen-bond donors (Lipinski definition) is 2. The number of amides is 1. The number of aliphatic hydroxyl groups is 1. The Labute approximate surface area is 121 Å². The molecule has 0 unspecified atom stereocenters. The Morgan fingerprint density at radius 1 is 1.35 bits per heavy atom. The highest BCUT2D eigenvalue weighted by molar-refractivity contribution is 7.20. The average molecular weight is 295 g/mol. The van der Waals surface area contributed by atoms with Crippen LogP contribution in [0, 0.1) is 5.82 Å². The van der Waals surface area contributed by atoms with E-state index in [9.17, 15) is 14.3 Å². The fourth-order valence-electron chi connectivity index (χ4n) is 1.96. The fourth-order valence-corrected chi connectivity index (χ4v) is 2.92. The van der Waals surface area contributed by atoms with Crippen LogP contribution < -0.4 is 5.32 Å². The van der Waals surface area contributed by atoms with E-state index in [4.69, 9.17) is 0 Å². The van der Waals surface area contributed by atoms with Gasteiger partial charge in [-0.3, -0.25) is 4.79 Å². The fraction of sp³-hybridized carbons (Fsp3) is 0.400. The van der Waals surface area contributed by atoms with E-state index in [2.05, 4.69) is 5.32 Å². The molecule has 0 fully saturated rings. The van der Waals surface area contributed by atoms with Crippen LogP contribution in [-0.2, 0) is 0 Å². The van der Waals surface area contributed by atoms with Crippen LogP contribution in [0.4, 0.5) is 4.39 Å². The standard InChI is InChI=1S/C15H18FNO2S/c1-3-15(19,4-2)9-17-14(18)13-8-10-7-11(16)5-6-12(10)20-13/h5-8,19H,3-4,9H2,1-2H3,(H,17,18). The molecule has 0 atom stereocenters. The number of halogens is 1. The maximum atomic E-state index is 13.1. The van der Waals surface area contributed by atoms with Gasteiger partial charge in [-0.1, -0.05) is 13.8 Å². The highest BCUT2D eigenvalue weighted by Gasteiger charge is 2.23. The third kappa shape index (κ3) is 3.16. The lowest BCUT2D eigenvalue weighted by molar-refractivity contribution is 0.0314. The van der Waals surface area contributed by atoms with Crippen LogP contribution in [0.5, 0.6) is 0 Å². The van der Waals surface area contributed by atoms with Gasteiger partial charge in [-0.2, -0.15) is 0 Å². The molecule has 0 saturated heterocycles. The largest absolute Gasteiger partial charge is 0.388 e. The van der Waals surface area contributed by atoms with Crippen LogP contribution >= 0.6 is 11.3 Å². The average Bonchev–Trinajstić information content (AvgIpc) is 2.87. The van der Waals surface area contributed by atoms with Crippen LogP contribution in [-0.4, -0.2) is 23.2 Å². The maximum Gasteiger partial charge on any atom is 0.261 e. The predicted molar refractivity (Wildman–Crippen MR) is 79.6 cm³/mol. The molecule has 20 heavy (non-hydrogen) atoms. The summed E-state index contributed by atoms with van der Waals surface area (Å²) in [5, 5.41) is 13.6. The summed E-state index contributed by atoms with van der Waals surface area (Å²) >= 11 is 1.32. The lowest BCUT2D eigenvalue weighted by atomic mass is 9.98. The molecule has 0 aliphatic carbocycles. The first-order valence-electron chi connectivity index (χ1n) is 6.67. The molecule has 2 aromatic rings. The second-order valence-electron chi connectivity index (χ2n) is 4.91. The van der Waals surface area contributed by atoms with Crippen molar-refractivity contribution in [3.8, 4) is 0 Å². The van der Waals surface area contributed by atoms with Gasteiger partial charge in [-0.25, -0.2) is 4.39 Å². The van der Waals surface area contributed by atoms with E-state index >= 15 is 0 Å². The van der Waals surface area contributed by atoms with Crippen molar-refractivity contribution in [1.82, 2.24) is 5.32 Å². The Balaban J connectivity index is 2.11. The number of hydrogen-bond acceptors (Lipinski definition) is 3. The molecule has 3 nitrogen and oxygen atoms in total.